The maximum absolute atomic E-state index is 11.2. The Morgan fingerprint density at radius 2 is 2.12 bits per heavy atom. The molecule has 1 saturated carbocycles. The van der Waals surface area contributed by atoms with E-state index in [0.29, 0.717) is 5.92 Å². The minimum atomic E-state index is -0.595. The number of rotatable bonds is 4. The Balaban J connectivity index is 1.55. The zero-order valence-electron chi connectivity index (χ0n) is 13.7. The van der Waals surface area contributed by atoms with Crippen molar-refractivity contribution in [2.24, 2.45) is 5.73 Å². The zero-order chi connectivity index (χ0) is 16.7. The molecule has 1 atom stereocenters. The van der Waals surface area contributed by atoms with E-state index in [4.69, 9.17) is 10.7 Å². The average Bonchev–Trinajstić information content (AvgIpc) is 3.31. The summed E-state index contributed by atoms with van der Waals surface area (Å²) in [6.45, 7) is 3.78. The Kier molecular flexibility index (Phi) is 3.66. The number of aromatic nitrogens is 5. The van der Waals surface area contributed by atoms with Gasteiger partial charge in [-0.25, -0.2) is 19.6 Å². The summed E-state index contributed by atoms with van der Waals surface area (Å²) in [4.78, 5) is 26.8. The molecule has 0 spiro atoms. The van der Waals surface area contributed by atoms with Gasteiger partial charge < -0.3 is 10.6 Å². The van der Waals surface area contributed by atoms with Gasteiger partial charge in [-0.05, 0) is 32.6 Å². The van der Waals surface area contributed by atoms with Gasteiger partial charge in [0.05, 0.1) is 6.04 Å². The quantitative estimate of drug-likeness (QED) is 0.905. The first-order valence-corrected chi connectivity index (χ1v) is 8.41. The summed E-state index contributed by atoms with van der Waals surface area (Å²) in [6, 6.07) is 2.21. The van der Waals surface area contributed by atoms with Crippen LogP contribution in [0.5, 0.6) is 0 Å². The lowest BCUT2D eigenvalue weighted by molar-refractivity contribution is 0.0990. The zero-order valence-corrected chi connectivity index (χ0v) is 13.7. The molecule has 2 fully saturated rings. The fourth-order valence-corrected chi connectivity index (χ4v) is 3.20. The maximum atomic E-state index is 11.2. The standard InChI is InChI=1S/C16H21N7O/c1-10-7-13(20-15(19-10)11-4-5-11)22-6-2-3-12(8-22)23-9-18-16(21-23)14(17)24/h7,9,11-12H,2-6,8H2,1H3,(H2,17,24)/t12-/m1/s1. The van der Waals surface area contributed by atoms with Gasteiger partial charge in [0, 0.05) is 30.8 Å². The number of nitrogens with zero attached hydrogens (tertiary/aromatic N) is 6. The second-order valence-corrected chi connectivity index (χ2v) is 6.65. The molecule has 2 aromatic heterocycles. The first-order chi connectivity index (χ1) is 11.6. The van der Waals surface area contributed by atoms with Crippen molar-refractivity contribution < 1.29 is 4.79 Å². The third kappa shape index (κ3) is 2.95. The number of carbonyl (C=O) groups excluding carboxylic acids is 1. The number of piperidine rings is 1. The molecule has 0 unspecified atom stereocenters. The Morgan fingerprint density at radius 1 is 1.29 bits per heavy atom. The molecular weight excluding hydrogens is 306 g/mol. The van der Waals surface area contributed by atoms with Crippen molar-refractivity contribution in [1.82, 2.24) is 24.7 Å². The Labute approximate surface area is 140 Å². The molecule has 2 aromatic rings. The minimum absolute atomic E-state index is 0.0704. The Bertz CT molecular complexity index is 768. The normalized spacial score (nSPS) is 21.0. The fraction of sp³-hybridized carbons (Fsp3) is 0.562. The lowest BCUT2D eigenvalue weighted by Crippen LogP contribution is -2.37. The van der Waals surface area contributed by atoms with Crippen molar-refractivity contribution in [2.45, 2.75) is 44.6 Å². The lowest BCUT2D eigenvalue weighted by Gasteiger charge is -2.33. The summed E-state index contributed by atoms with van der Waals surface area (Å²) in [7, 11) is 0. The minimum Gasteiger partial charge on any atom is -0.363 e. The highest BCUT2D eigenvalue weighted by atomic mass is 16.1. The molecule has 0 aromatic carbocycles. The first kappa shape index (κ1) is 15.0. The van der Waals surface area contributed by atoms with E-state index in [1.165, 1.54) is 12.8 Å². The van der Waals surface area contributed by atoms with Crippen LogP contribution in [0.25, 0.3) is 0 Å². The van der Waals surface area contributed by atoms with E-state index in [0.717, 1.165) is 43.3 Å². The molecule has 1 saturated heterocycles. The van der Waals surface area contributed by atoms with Gasteiger partial charge in [-0.1, -0.05) is 0 Å². The molecule has 8 heteroatoms. The topological polar surface area (TPSA) is 103 Å². The van der Waals surface area contributed by atoms with Gasteiger partial charge in [-0.3, -0.25) is 4.79 Å². The van der Waals surface area contributed by atoms with Crippen molar-refractivity contribution in [2.75, 3.05) is 18.0 Å². The van der Waals surface area contributed by atoms with Crippen molar-refractivity contribution in [3.8, 4) is 0 Å². The molecule has 1 amide bonds. The predicted molar refractivity (Wildman–Crippen MR) is 87.8 cm³/mol. The third-order valence-corrected chi connectivity index (χ3v) is 4.62. The van der Waals surface area contributed by atoms with Crippen LogP contribution in [0.3, 0.4) is 0 Å². The number of primary amides is 1. The van der Waals surface area contributed by atoms with Gasteiger partial charge in [0.2, 0.25) is 5.82 Å². The number of aryl methyl sites for hydroxylation is 1. The number of hydrogen-bond acceptors (Lipinski definition) is 6. The van der Waals surface area contributed by atoms with Gasteiger partial charge >= 0.3 is 0 Å². The van der Waals surface area contributed by atoms with E-state index in [9.17, 15) is 4.79 Å². The van der Waals surface area contributed by atoms with Gasteiger partial charge in [0.15, 0.2) is 0 Å². The van der Waals surface area contributed by atoms with Crippen LogP contribution >= 0.6 is 0 Å². The van der Waals surface area contributed by atoms with E-state index in [1.807, 2.05) is 13.0 Å². The Morgan fingerprint density at radius 3 is 2.83 bits per heavy atom. The van der Waals surface area contributed by atoms with Gasteiger partial charge in [0.25, 0.3) is 5.91 Å². The van der Waals surface area contributed by atoms with Crippen molar-refractivity contribution in [3.05, 3.63) is 29.7 Å². The van der Waals surface area contributed by atoms with E-state index in [2.05, 4.69) is 20.0 Å². The third-order valence-electron chi connectivity index (χ3n) is 4.62. The summed E-state index contributed by atoms with van der Waals surface area (Å²) in [6.07, 6.45) is 6.02. The monoisotopic (exact) mass is 327 g/mol. The summed E-state index contributed by atoms with van der Waals surface area (Å²) in [5, 5.41) is 4.21. The molecule has 8 nitrogen and oxygen atoms in total. The fourth-order valence-electron chi connectivity index (χ4n) is 3.20. The molecule has 0 radical (unpaired) electrons. The van der Waals surface area contributed by atoms with Crippen LogP contribution in [-0.2, 0) is 0 Å². The second kappa shape index (κ2) is 5.85. The van der Waals surface area contributed by atoms with Crippen molar-refractivity contribution in [1.29, 1.82) is 0 Å². The first-order valence-electron chi connectivity index (χ1n) is 8.41. The number of carbonyl (C=O) groups is 1. The number of anilines is 1. The highest BCUT2D eigenvalue weighted by Gasteiger charge is 2.29. The molecule has 1 aliphatic carbocycles. The molecule has 3 heterocycles. The lowest BCUT2D eigenvalue weighted by atomic mass is 10.1. The van der Waals surface area contributed by atoms with Crippen LogP contribution in [-0.4, -0.2) is 43.7 Å². The van der Waals surface area contributed by atoms with Crippen LogP contribution < -0.4 is 10.6 Å². The average molecular weight is 327 g/mol. The number of nitrogens with two attached hydrogens (primary N) is 1. The molecule has 1 aliphatic heterocycles. The SMILES string of the molecule is Cc1cc(N2CCC[C@@H](n3cnc(C(N)=O)n3)C2)nc(C2CC2)n1. The highest BCUT2D eigenvalue weighted by Crippen LogP contribution is 2.39. The van der Waals surface area contributed by atoms with Crippen LogP contribution in [0.4, 0.5) is 5.82 Å². The van der Waals surface area contributed by atoms with Crippen LogP contribution in [0.15, 0.2) is 12.4 Å². The number of amides is 1. The van der Waals surface area contributed by atoms with Crippen molar-refractivity contribution >= 4 is 11.7 Å². The second-order valence-electron chi connectivity index (χ2n) is 6.65. The summed E-state index contributed by atoms with van der Waals surface area (Å²) < 4.78 is 1.75. The molecule has 4 rings (SSSR count). The Hall–Kier alpha value is -2.51. The summed E-state index contributed by atoms with van der Waals surface area (Å²) in [5.41, 5.74) is 6.25. The molecule has 2 aliphatic rings. The van der Waals surface area contributed by atoms with Crippen LogP contribution in [0.1, 0.15) is 59.8 Å². The molecular formula is C16H21N7O. The molecule has 0 bridgehead atoms. The van der Waals surface area contributed by atoms with E-state index >= 15 is 0 Å². The summed E-state index contributed by atoms with van der Waals surface area (Å²) in [5.74, 6) is 1.98. The van der Waals surface area contributed by atoms with E-state index in [1.54, 1.807) is 11.0 Å². The van der Waals surface area contributed by atoms with Crippen LogP contribution in [0, 0.1) is 6.92 Å². The van der Waals surface area contributed by atoms with E-state index in [-0.39, 0.29) is 11.9 Å². The number of hydrogen-bond donors (Lipinski definition) is 1. The summed E-state index contributed by atoms with van der Waals surface area (Å²) >= 11 is 0. The predicted octanol–water partition coefficient (Wildman–Crippen LogP) is 1.19. The maximum Gasteiger partial charge on any atom is 0.288 e. The van der Waals surface area contributed by atoms with E-state index < -0.39 is 5.91 Å². The van der Waals surface area contributed by atoms with Gasteiger partial charge in [-0.2, -0.15) is 0 Å². The van der Waals surface area contributed by atoms with Crippen LogP contribution in [0.2, 0.25) is 0 Å². The molecule has 24 heavy (non-hydrogen) atoms. The van der Waals surface area contributed by atoms with Gasteiger partial charge in [-0.15, -0.1) is 5.10 Å². The van der Waals surface area contributed by atoms with Crippen molar-refractivity contribution in [3.63, 3.8) is 0 Å². The van der Waals surface area contributed by atoms with Gasteiger partial charge in [0.1, 0.15) is 18.0 Å². The molecule has 2 N–H and O–H groups in total. The molecule has 126 valence electrons. The smallest absolute Gasteiger partial charge is 0.288 e. The largest absolute Gasteiger partial charge is 0.363 e. The highest BCUT2D eigenvalue weighted by molar-refractivity contribution is 5.88.